The van der Waals surface area contributed by atoms with Crippen molar-refractivity contribution in [2.75, 3.05) is 0 Å². The zero-order chi connectivity index (χ0) is 15.9. The first-order valence-corrected chi connectivity index (χ1v) is 6.84. The molecule has 2 heterocycles. The Morgan fingerprint density at radius 2 is 2.05 bits per heavy atom. The summed E-state index contributed by atoms with van der Waals surface area (Å²) in [6.07, 6.45) is 2.93. The van der Waals surface area contributed by atoms with Gasteiger partial charge in [0.2, 0.25) is 5.88 Å². The summed E-state index contributed by atoms with van der Waals surface area (Å²) in [5, 5.41) is 11.2. The molecule has 22 heavy (non-hydrogen) atoms. The van der Waals surface area contributed by atoms with Crippen LogP contribution in [0.2, 0.25) is 0 Å². The highest BCUT2D eigenvalue weighted by molar-refractivity contribution is 7.71. The summed E-state index contributed by atoms with van der Waals surface area (Å²) in [5.41, 5.74) is 0.458. The second kappa shape index (κ2) is 5.19. The Hall–Kier alpha value is -2.80. The molecular formula is C15H11N3O3S. The van der Waals surface area contributed by atoms with Crippen LogP contribution in [0.25, 0.3) is 12.2 Å². The number of H-pyrrole nitrogens is 2. The fourth-order valence-electron chi connectivity index (χ4n) is 2.22. The first-order chi connectivity index (χ1) is 10.5. The molecule has 3 rings (SSSR count). The molecule has 0 aliphatic carbocycles. The normalized spacial score (nSPS) is 15.1. The number of carbonyl (C=O) groups excluding carboxylic acids is 1. The van der Waals surface area contributed by atoms with Crippen molar-refractivity contribution in [3.63, 3.8) is 0 Å². The van der Waals surface area contributed by atoms with Crippen LogP contribution in [0, 0.1) is 11.7 Å². The van der Waals surface area contributed by atoms with Gasteiger partial charge in [0.15, 0.2) is 4.77 Å². The van der Waals surface area contributed by atoms with Gasteiger partial charge in [-0.05, 0) is 36.9 Å². The number of fused-ring (bicyclic) bond motifs is 1. The monoisotopic (exact) mass is 313 g/mol. The number of rotatable bonds is 1. The van der Waals surface area contributed by atoms with E-state index in [1.54, 1.807) is 6.08 Å². The molecule has 0 radical (unpaired) electrons. The van der Waals surface area contributed by atoms with Crippen molar-refractivity contribution in [3.05, 3.63) is 60.6 Å². The molecule has 6 nitrogen and oxygen atoms in total. The van der Waals surface area contributed by atoms with Crippen LogP contribution in [0.4, 0.5) is 0 Å². The van der Waals surface area contributed by atoms with Crippen LogP contribution >= 0.6 is 12.2 Å². The molecule has 0 saturated heterocycles. The zero-order valence-corrected chi connectivity index (χ0v) is 12.3. The SMILES string of the molecule is Cc1cccc2c1=NC(=O)/C(=C/c1c(O)[nH]c(=S)[nH]c1=O)C=2. The highest BCUT2D eigenvalue weighted by atomic mass is 32.1. The Labute approximate surface area is 129 Å². The Morgan fingerprint density at radius 1 is 1.27 bits per heavy atom. The summed E-state index contributed by atoms with van der Waals surface area (Å²) in [4.78, 5) is 32.8. The molecular weight excluding hydrogens is 302 g/mol. The van der Waals surface area contributed by atoms with Gasteiger partial charge in [0, 0.05) is 10.8 Å². The number of benzene rings is 1. The fraction of sp³-hybridized carbons (Fsp3) is 0.0667. The summed E-state index contributed by atoms with van der Waals surface area (Å²) in [6, 6.07) is 5.55. The van der Waals surface area contributed by atoms with E-state index >= 15 is 0 Å². The van der Waals surface area contributed by atoms with Crippen molar-refractivity contribution in [2.45, 2.75) is 6.92 Å². The van der Waals surface area contributed by atoms with Gasteiger partial charge in [-0.15, -0.1) is 0 Å². The summed E-state index contributed by atoms with van der Waals surface area (Å²) in [5.74, 6) is -0.861. The van der Waals surface area contributed by atoms with E-state index < -0.39 is 17.3 Å². The van der Waals surface area contributed by atoms with Crippen LogP contribution in [0.15, 0.2) is 33.6 Å². The number of hydrogen-bond donors (Lipinski definition) is 3. The summed E-state index contributed by atoms with van der Waals surface area (Å²) < 4.78 is 0.00857. The van der Waals surface area contributed by atoms with Gasteiger partial charge in [-0.2, -0.15) is 0 Å². The maximum absolute atomic E-state index is 12.1. The molecule has 0 fully saturated rings. The predicted molar refractivity (Wildman–Crippen MR) is 83.3 cm³/mol. The quantitative estimate of drug-likeness (QED) is 0.526. The number of para-hydroxylation sites is 1. The number of amides is 1. The van der Waals surface area contributed by atoms with Crippen LogP contribution in [-0.2, 0) is 4.79 Å². The largest absolute Gasteiger partial charge is 0.494 e. The number of aromatic amines is 2. The topological polar surface area (TPSA) is 98.3 Å². The lowest BCUT2D eigenvalue weighted by atomic mass is 10.1. The number of aryl methyl sites for hydroxylation is 1. The molecule has 0 saturated carbocycles. The molecule has 0 spiro atoms. The summed E-state index contributed by atoms with van der Waals surface area (Å²) >= 11 is 4.76. The van der Waals surface area contributed by atoms with Crippen molar-refractivity contribution in [1.29, 1.82) is 0 Å². The average Bonchev–Trinajstić information content (AvgIpc) is 2.44. The van der Waals surface area contributed by atoms with Crippen molar-refractivity contribution >= 4 is 30.3 Å². The van der Waals surface area contributed by atoms with Crippen LogP contribution in [0.5, 0.6) is 5.88 Å². The number of carbonyl (C=O) groups is 1. The maximum Gasteiger partial charge on any atom is 0.277 e. The van der Waals surface area contributed by atoms with E-state index in [1.807, 2.05) is 25.1 Å². The minimum atomic E-state index is -0.579. The lowest BCUT2D eigenvalue weighted by Gasteiger charge is -2.05. The second-order valence-corrected chi connectivity index (χ2v) is 5.25. The molecule has 1 amide bonds. The van der Waals surface area contributed by atoms with E-state index in [9.17, 15) is 14.7 Å². The van der Waals surface area contributed by atoms with Crippen molar-refractivity contribution in [1.82, 2.24) is 9.97 Å². The average molecular weight is 313 g/mol. The Kier molecular flexibility index (Phi) is 3.34. The van der Waals surface area contributed by atoms with E-state index in [2.05, 4.69) is 15.0 Å². The van der Waals surface area contributed by atoms with Gasteiger partial charge in [0.05, 0.1) is 5.36 Å². The lowest BCUT2D eigenvalue weighted by molar-refractivity contribution is -0.114. The molecule has 110 valence electrons. The van der Waals surface area contributed by atoms with E-state index in [4.69, 9.17) is 12.2 Å². The van der Waals surface area contributed by atoms with Gasteiger partial charge in [-0.3, -0.25) is 14.6 Å². The van der Waals surface area contributed by atoms with Crippen LogP contribution < -0.4 is 16.1 Å². The Bertz CT molecular complexity index is 1060. The molecule has 1 aliphatic rings. The number of nitrogens with one attached hydrogen (secondary N) is 2. The van der Waals surface area contributed by atoms with E-state index in [0.717, 1.165) is 10.8 Å². The van der Waals surface area contributed by atoms with Crippen molar-refractivity contribution < 1.29 is 9.90 Å². The zero-order valence-electron chi connectivity index (χ0n) is 11.5. The summed E-state index contributed by atoms with van der Waals surface area (Å²) in [6.45, 7) is 1.87. The van der Waals surface area contributed by atoms with E-state index in [1.165, 1.54) is 6.08 Å². The van der Waals surface area contributed by atoms with E-state index in [-0.39, 0.29) is 15.9 Å². The maximum atomic E-state index is 12.1. The Balaban J connectivity index is 2.25. The smallest absolute Gasteiger partial charge is 0.277 e. The first-order valence-electron chi connectivity index (χ1n) is 6.43. The fourth-order valence-corrected chi connectivity index (χ4v) is 2.41. The molecule has 2 aromatic rings. The molecule has 7 heteroatoms. The lowest BCUT2D eigenvalue weighted by Crippen LogP contribution is -2.32. The van der Waals surface area contributed by atoms with Gasteiger partial charge in [-0.25, -0.2) is 4.99 Å². The number of aromatic hydroxyl groups is 1. The number of hydrogen-bond acceptors (Lipinski definition) is 4. The first kappa shape index (κ1) is 14.2. The second-order valence-electron chi connectivity index (χ2n) is 4.84. The van der Waals surface area contributed by atoms with Gasteiger partial charge >= 0.3 is 0 Å². The highest BCUT2D eigenvalue weighted by Crippen LogP contribution is 2.14. The third kappa shape index (κ3) is 2.42. The minimum absolute atomic E-state index is 0.00857. The third-order valence-electron chi connectivity index (χ3n) is 3.30. The van der Waals surface area contributed by atoms with Crippen LogP contribution in [0.3, 0.4) is 0 Å². The minimum Gasteiger partial charge on any atom is -0.494 e. The molecule has 1 aromatic heterocycles. The Morgan fingerprint density at radius 3 is 2.77 bits per heavy atom. The molecule has 0 unspecified atom stereocenters. The molecule has 0 bridgehead atoms. The number of aromatic nitrogens is 2. The van der Waals surface area contributed by atoms with Crippen molar-refractivity contribution in [3.8, 4) is 5.88 Å². The van der Waals surface area contributed by atoms with Gasteiger partial charge in [-0.1, -0.05) is 18.2 Å². The molecule has 3 N–H and O–H groups in total. The van der Waals surface area contributed by atoms with Gasteiger partial charge in [0.1, 0.15) is 5.56 Å². The van der Waals surface area contributed by atoms with Crippen LogP contribution in [-0.4, -0.2) is 21.0 Å². The van der Waals surface area contributed by atoms with Crippen molar-refractivity contribution in [2.24, 2.45) is 4.99 Å². The van der Waals surface area contributed by atoms with Crippen LogP contribution in [0.1, 0.15) is 11.1 Å². The van der Waals surface area contributed by atoms with Gasteiger partial charge < -0.3 is 10.1 Å². The number of nitrogens with zero attached hydrogens (tertiary/aromatic N) is 1. The predicted octanol–water partition coefficient (Wildman–Crippen LogP) is 0.470. The molecule has 1 aliphatic heterocycles. The molecule has 0 atom stereocenters. The standard InChI is InChI=1S/C15H11N3O3S/c1-7-3-2-4-8-5-9(12(19)16-11(7)8)6-10-13(20)17-15(22)18-14(10)21/h2-6H,1H3,(H3,17,18,20,21,22)/b9-6+. The summed E-state index contributed by atoms with van der Waals surface area (Å²) in [7, 11) is 0. The van der Waals surface area contributed by atoms with Gasteiger partial charge in [0.25, 0.3) is 11.5 Å². The highest BCUT2D eigenvalue weighted by Gasteiger charge is 2.14. The molecule has 1 aromatic carbocycles. The van der Waals surface area contributed by atoms with E-state index in [0.29, 0.717) is 5.36 Å². The third-order valence-corrected chi connectivity index (χ3v) is 3.50.